The minimum atomic E-state index is 0.0363. The van der Waals surface area contributed by atoms with E-state index in [4.69, 9.17) is 18.9 Å². The van der Waals surface area contributed by atoms with Gasteiger partial charge in [0.05, 0.1) is 26.4 Å². The van der Waals surface area contributed by atoms with E-state index in [2.05, 4.69) is 5.32 Å². The first-order valence-electron chi connectivity index (χ1n) is 8.55. The predicted molar refractivity (Wildman–Crippen MR) is 80.2 cm³/mol. The smallest absolute Gasteiger partial charge is 0.157 e. The molecule has 123 valence electrons. The van der Waals surface area contributed by atoms with E-state index in [-0.39, 0.29) is 12.6 Å². The van der Waals surface area contributed by atoms with E-state index < -0.39 is 0 Å². The lowest BCUT2D eigenvalue weighted by atomic mass is 10.2. The van der Waals surface area contributed by atoms with Crippen LogP contribution in [0.5, 0.6) is 0 Å². The highest BCUT2D eigenvalue weighted by molar-refractivity contribution is 4.56. The van der Waals surface area contributed by atoms with Gasteiger partial charge in [-0.25, -0.2) is 5.32 Å². The minimum Gasteiger partial charge on any atom is -0.353 e. The number of unbranched alkanes of at least 4 members (excludes halogenated alkanes) is 2. The van der Waals surface area contributed by atoms with Crippen molar-refractivity contribution < 1.29 is 18.9 Å². The number of rotatable bonds is 10. The average molecular weight is 300 g/mol. The second-order valence-corrected chi connectivity index (χ2v) is 5.71. The SMILES string of the molecule is C(CCC1OCCCO1)C[N]CCCCC1OCCCO1. The summed E-state index contributed by atoms with van der Waals surface area (Å²) in [5.74, 6) is 0. The largest absolute Gasteiger partial charge is 0.353 e. The molecule has 0 atom stereocenters. The fourth-order valence-electron chi connectivity index (χ4n) is 2.59. The third-order valence-electron chi connectivity index (χ3n) is 3.80. The Balaban J connectivity index is 1.30. The molecular weight excluding hydrogens is 270 g/mol. The van der Waals surface area contributed by atoms with Crippen LogP contribution in [0.1, 0.15) is 51.4 Å². The van der Waals surface area contributed by atoms with Crippen LogP contribution >= 0.6 is 0 Å². The fraction of sp³-hybridized carbons (Fsp3) is 1.00. The Kier molecular flexibility index (Phi) is 9.30. The lowest BCUT2D eigenvalue weighted by Crippen LogP contribution is -2.25. The van der Waals surface area contributed by atoms with Gasteiger partial charge in [0.15, 0.2) is 12.6 Å². The third-order valence-corrected chi connectivity index (χ3v) is 3.80. The second kappa shape index (κ2) is 11.4. The van der Waals surface area contributed by atoms with Gasteiger partial charge >= 0.3 is 0 Å². The van der Waals surface area contributed by atoms with E-state index in [9.17, 15) is 0 Å². The first kappa shape index (κ1) is 17.2. The molecule has 0 amide bonds. The number of hydrogen-bond donors (Lipinski definition) is 0. The van der Waals surface area contributed by atoms with Crippen molar-refractivity contribution in [2.45, 2.75) is 63.9 Å². The lowest BCUT2D eigenvalue weighted by molar-refractivity contribution is -0.181. The van der Waals surface area contributed by atoms with Crippen LogP contribution in [0.15, 0.2) is 0 Å². The van der Waals surface area contributed by atoms with Crippen LogP contribution in [0, 0.1) is 0 Å². The Hall–Kier alpha value is -0.200. The summed E-state index contributed by atoms with van der Waals surface area (Å²) in [6, 6.07) is 0. The maximum Gasteiger partial charge on any atom is 0.157 e. The molecule has 0 N–H and O–H groups in total. The molecule has 0 saturated carbocycles. The molecule has 0 aromatic rings. The van der Waals surface area contributed by atoms with Gasteiger partial charge in [-0.1, -0.05) is 0 Å². The Morgan fingerprint density at radius 1 is 0.619 bits per heavy atom. The zero-order chi connectivity index (χ0) is 14.6. The summed E-state index contributed by atoms with van der Waals surface area (Å²) in [6.45, 7) is 5.33. The average Bonchev–Trinajstić information content (AvgIpc) is 2.55. The fourth-order valence-corrected chi connectivity index (χ4v) is 2.59. The monoisotopic (exact) mass is 300 g/mol. The van der Waals surface area contributed by atoms with Crippen molar-refractivity contribution in [2.24, 2.45) is 0 Å². The van der Waals surface area contributed by atoms with E-state index in [1.807, 2.05) is 0 Å². The normalized spacial score (nSPS) is 21.7. The van der Waals surface area contributed by atoms with Crippen LogP contribution in [-0.4, -0.2) is 52.1 Å². The van der Waals surface area contributed by atoms with Crippen LogP contribution in [-0.2, 0) is 18.9 Å². The van der Waals surface area contributed by atoms with E-state index in [0.29, 0.717) is 0 Å². The van der Waals surface area contributed by atoms with E-state index in [0.717, 1.165) is 90.9 Å². The summed E-state index contributed by atoms with van der Waals surface area (Å²) >= 11 is 0. The van der Waals surface area contributed by atoms with Crippen LogP contribution in [0.4, 0.5) is 0 Å². The van der Waals surface area contributed by atoms with Gasteiger partial charge in [-0.2, -0.15) is 0 Å². The summed E-state index contributed by atoms with van der Waals surface area (Å²) in [5, 5.41) is 4.57. The van der Waals surface area contributed by atoms with Crippen LogP contribution < -0.4 is 5.32 Å². The molecule has 21 heavy (non-hydrogen) atoms. The van der Waals surface area contributed by atoms with Crippen molar-refractivity contribution in [1.29, 1.82) is 0 Å². The molecule has 5 nitrogen and oxygen atoms in total. The van der Waals surface area contributed by atoms with Crippen LogP contribution in [0.2, 0.25) is 0 Å². The van der Waals surface area contributed by atoms with Gasteiger partial charge < -0.3 is 18.9 Å². The maximum atomic E-state index is 5.52. The van der Waals surface area contributed by atoms with Gasteiger partial charge in [0, 0.05) is 13.1 Å². The van der Waals surface area contributed by atoms with Gasteiger partial charge in [-0.15, -0.1) is 0 Å². The van der Waals surface area contributed by atoms with Crippen molar-refractivity contribution in [1.82, 2.24) is 5.32 Å². The van der Waals surface area contributed by atoms with Crippen molar-refractivity contribution in [3.8, 4) is 0 Å². The molecule has 2 heterocycles. The molecule has 5 heteroatoms. The van der Waals surface area contributed by atoms with Gasteiger partial charge in [0.25, 0.3) is 0 Å². The summed E-state index contributed by atoms with van der Waals surface area (Å²) in [4.78, 5) is 0. The van der Waals surface area contributed by atoms with E-state index >= 15 is 0 Å². The maximum absolute atomic E-state index is 5.52. The minimum absolute atomic E-state index is 0.0363. The van der Waals surface area contributed by atoms with Gasteiger partial charge in [0.1, 0.15) is 0 Å². The number of nitrogens with zero attached hydrogens (tertiary/aromatic N) is 1. The molecule has 0 unspecified atom stereocenters. The first-order chi connectivity index (χ1) is 10.4. The second-order valence-electron chi connectivity index (χ2n) is 5.71. The van der Waals surface area contributed by atoms with Crippen molar-refractivity contribution >= 4 is 0 Å². The molecule has 1 radical (unpaired) electrons. The first-order valence-corrected chi connectivity index (χ1v) is 8.55. The molecule has 2 rings (SSSR count). The molecule has 0 aromatic heterocycles. The number of hydrogen-bond acceptors (Lipinski definition) is 4. The zero-order valence-electron chi connectivity index (χ0n) is 13.1. The third kappa shape index (κ3) is 8.12. The van der Waals surface area contributed by atoms with Gasteiger partial charge in [-0.05, 0) is 51.4 Å². The highest BCUT2D eigenvalue weighted by Crippen LogP contribution is 2.12. The zero-order valence-corrected chi connectivity index (χ0v) is 13.1. The van der Waals surface area contributed by atoms with Gasteiger partial charge in [-0.3, -0.25) is 0 Å². The molecule has 0 aromatic carbocycles. The summed E-state index contributed by atoms with van der Waals surface area (Å²) < 4.78 is 22.1. The van der Waals surface area contributed by atoms with E-state index in [1.165, 1.54) is 0 Å². The Bertz CT molecular complexity index is 216. The Morgan fingerprint density at radius 3 is 1.48 bits per heavy atom. The molecule has 0 bridgehead atoms. The van der Waals surface area contributed by atoms with Crippen LogP contribution in [0.3, 0.4) is 0 Å². The molecular formula is C16H30NO4. The molecule has 2 aliphatic heterocycles. The van der Waals surface area contributed by atoms with Crippen molar-refractivity contribution in [3.05, 3.63) is 0 Å². The molecule has 0 aliphatic carbocycles. The predicted octanol–water partition coefficient (Wildman–Crippen LogP) is 2.46. The summed E-state index contributed by atoms with van der Waals surface area (Å²) in [5.41, 5.74) is 0. The topological polar surface area (TPSA) is 51.0 Å². The highest BCUT2D eigenvalue weighted by atomic mass is 16.7. The summed E-state index contributed by atoms with van der Waals surface area (Å²) in [7, 11) is 0. The molecule has 2 saturated heterocycles. The molecule has 0 spiro atoms. The molecule has 2 aliphatic rings. The summed E-state index contributed by atoms with van der Waals surface area (Å²) in [6.07, 6.45) is 8.69. The molecule has 2 fully saturated rings. The van der Waals surface area contributed by atoms with Crippen molar-refractivity contribution in [3.63, 3.8) is 0 Å². The standard InChI is InChI=1S/C16H30NO4/c1(7-15-18-11-5-12-19-15)3-9-17-10-4-2-8-16-20-13-6-14-21-16/h15-16H,1-14H2. The van der Waals surface area contributed by atoms with Crippen molar-refractivity contribution in [2.75, 3.05) is 39.5 Å². The van der Waals surface area contributed by atoms with Crippen LogP contribution in [0.25, 0.3) is 0 Å². The quantitative estimate of drug-likeness (QED) is 0.582. The Morgan fingerprint density at radius 2 is 1.05 bits per heavy atom. The highest BCUT2D eigenvalue weighted by Gasteiger charge is 2.14. The Labute approximate surface area is 128 Å². The number of ether oxygens (including phenoxy) is 4. The van der Waals surface area contributed by atoms with E-state index in [1.54, 1.807) is 0 Å². The lowest BCUT2D eigenvalue weighted by Gasteiger charge is -2.23. The van der Waals surface area contributed by atoms with Gasteiger partial charge in [0.2, 0.25) is 0 Å².